The normalized spacial score (nSPS) is 15.3. The summed E-state index contributed by atoms with van der Waals surface area (Å²) in [5.74, 6) is 0. The molecular formula is C11H21N3O. The van der Waals surface area contributed by atoms with Crippen molar-refractivity contribution >= 4 is 0 Å². The van der Waals surface area contributed by atoms with Crippen LogP contribution < -0.4 is 5.73 Å². The number of nitrogens with zero attached hydrogens (tertiary/aromatic N) is 2. The highest BCUT2D eigenvalue weighted by Crippen LogP contribution is 2.17. The maximum absolute atomic E-state index is 10.1. The Balaban J connectivity index is 2.78. The van der Waals surface area contributed by atoms with Crippen molar-refractivity contribution in [3.63, 3.8) is 0 Å². The lowest BCUT2D eigenvalue weighted by atomic mass is 9.96. The van der Waals surface area contributed by atoms with Crippen molar-refractivity contribution in [3.8, 4) is 0 Å². The average Bonchev–Trinajstić information content (AvgIpc) is 2.44. The molecule has 1 aromatic rings. The fraction of sp³-hybridized carbons (Fsp3) is 0.727. The Kier molecular flexibility index (Phi) is 3.88. The van der Waals surface area contributed by atoms with E-state index in [1.54, 1.807) is 0 Å². The van der Waals surface area contributed by atoms with Gasteiger partial charge >= 0.3 is 0 Å². The Hall–Kier alpha value is -0.870. The van der Waals surface area contributed by atoms with E-state index in [2.05, 4.69) is 5.10 Å². The predicted molar refractivity (Wildman–Crippen MR) is 60.6 cm³/mol. The smallest absolute Gasteiger partial charge is 0.0686 e. The molecule has 0 spiro atoms. The summed E-state index contributed by atoms with van der Waals surface area (Å²) in [6.45, 7) is 7.18. The summed E-state index contributed by atoms with van der Waals surface area (Å²) < 4.78 is 1.93. The molecule has 0 saturated carbocycles. The number of rotatable bonds is 5. The molecule has 1 rings (SSSR count). The van der Waals surface area contributed by atoms with Gasteiger partial charge in [0.1, 0.15) is 0 Å². The lowest BCUT2D eigenvalue weighted by Gasteiger charge is -2.22. The van der Waals surface area contributed by atoms with Gasteiger partial charge in [0.15, 0.2) is 0 Å². The second-order valence-corrected chi connectivity index (χ2v) is 4.31. The zero-order valence-electron chi connectivity index (χ0n) is 9.82. The molecule has 1 unspecified atom stereocenters. The molecule has 0 aliphatic heterocycles. The largest absolute Gasteiger partial charge is 0.390 e. The molecule has 0 bridgehead atoms. The fourth-order valence-corrected chi connectivity index (χ4v) is 1.80. The molecule has 0 aliphatic carbocycles. The van der Waals surface area contributed by atoms with Crippen molar-refractivity contribution < 1.29 is 5.11 Å². The van der Waals surface area contributed by atoms with Gasteiger partial charge in [-0.25, -0.2) is 0 Å². The monoisotopic (exact) mass is 211 g/mol. The third-order valence-electron chi connectivity index (χ3n) is 2.53. The molecule has 15 heavy (non-hydrogen) atoms. The minimum absolute atomic E-state index is 0.506. The Morgan fingerprint density at radius 3 is 2.80 bits per heavy atom. The van der Waals surface area contributed by atoms with E-state index < -0.39 is 5.60 Å². The number of aryl methyl sites for hydroxylation is 2. The van der Waals surface area contributed by atoms with Crippen molar-refractivity contribution in [3.05, 3.63) is 17.5 Å². The molecule has 0 aliphatic rings. The molecule has 0 radical (unpaired) electrons. The van der Waals surface area contributed by atoms with Crippen LogP contribution in [0.2, 0.25) is 0 Å². The van der Waals surface area contributed by atoms with Crippen molar-refractivity contribution in [2.24, 2.45) is 5.73 Å². The van der Waals surface area contributed by atoms with Gasteiger partial charge in [0.25, 0.3) is 0 Å². The molecule has 0 aromatic carbocycles. The van der Waals surface area contributed by atoms with Gasteiger partial charge in [-0.1, -0.05) is 0 Å². The number of nitrogens with two attached hydrogens (primary N) is 1. The molecule has 4 nitrogen and oxygen atoms in total. The van der Waals surface area contributed by atoms with Gasteiger partial charge in [0, 0.05) is 18.7 Å². The van der Waals surface area contributed by atoms with Crippen LogP contribution >= 0.6 is 0 Å². The van der Waals surface area contributed by atoms with Gasteiger partial charge in [-0.2, -0.15) is 5.10 Å². The van der Waals surface area contributed by atoms with E-state index in [-0.39, 0.29) is 0 Å². The van der Waals surface area contributed by atoms with E-state index in [9.17, 15) is 5.11 Å². The second-order valence-electron chi connectivity index (χ2n) is 4.31. The highest BCUT2D eigenvalue weighted by molar-refractivity contribution is 5.11. The van der Waals surface area contributed by atoms with E-state index in [1.165, 1.54) is 0 Å². The van der Waals surface area contributed by atoms with E-state index in [0.717, 1.165) is 17.9 Å². The first-order valence-electron chi connectivity index (χ1n) is 5.44. The van der Waals surface area contributed by atoms with Crippen molar-refractivity contribution in [1.29, 1.82) is 0 Å². The first kappa shape index (κ1) is 12.2. The minimum atomic E-state index is -0.728. The summed E-state index contributed by atoms with van der Waals surface area (Å²) in [5, 5.41) is 14.4. The van der Waals surface area contributed by atoms with Gasteiger partial charge in [-0.05, 0) is 39.8 Å². The second kappa shape index (κ2) is 4.77. The Morgan fingerprint density at radius 1 is 1.60 bits per heavy atom. The Labute approximate surface area is 91.1 Å². The molecule has 0 amide bonds. The number of aliphatic hydroxyl groups is 1. The summed E-state index contributed by atoms with van der Waals surface area (Å²) in [7, 11) is 0. The molecule has 1 heterocycles. The zero-order valence-corrected chi connectivity index (χ0v) is 9.82. The van der Waals surface area contributed by atoms with Crippen LogP contribution in [-0.4, -0.2) is 27.0 Å². The first-order chi connectivity index (χ1) is 6.98. The van der Waals surface area contributed by atoms with Gasteiger partial charge in [-0.15, -0.1) is 0 Å². The zero-order chi connectivity index (χ0) is 11.5. The van der Waals surface area contributed by atoms with E-state index in [1.807, 2.05) is 31.5 Å². The summed E-state index contributed by atoms with van der Waals surface area (Å²) >= 11 is 0. The van der Waals surface area contributed by atoms with Crippen molar-refractivity contribution in [2.75, 3.05) is 6.54 Å². The van der Waals surface area contributed by atoms with Gasteiger partial charge in [-0.3, -0.25) is 4.68 Å². The van der Waals surface area contributed by atoms with Crippen LogP contribution in [0.1, 0.15) is 31.7 Å². The molecule has 1 aromatic heterocycles. The summed E-state index contributed by atoms with van der Waals surface area (Å²) in [6.07, 6.45) is 1.22. The fourth-order valence-electron chi connectivity index (χ4n) is 1.80. The topological polar surface area (TPSA) is 64.1 Å². The quantitative estimate of drug-likeness (QED) is 0.759. The minimum Gasteiger partial charge on any atom is -0.390 e. The van der Waals surface area contributed by atoms with Crippen LogP contribution in [-0.2, 0) is 13.0 Å². The molecule has 0 fully saturated rings. The number of hydrogen-bond donors (Lipinski definition) is 2. The van der Waals surface area contributed by atoms with Crippen molar-refractivity contribution in [2.45, 2.75) is 45.8 Å². The summed E-state index contributed by atoms with van der Waals surface area (Å²) in [6, 6.07) is 2.02. The maximum atomic E-state index is 10.1. The lowest BCUT2D eigenvalue weighted by molar-refractivity contribution is 0.0518. The molecule has 3 N–H and O–H groups in total. The molecule has 1 atom stereocenters. The van der Waals surface area contributed by atoms with Crippen LogP contribution in [0, 0.1) is 6.92 Å². The molecule has 0 saturated heterocycles. The Morgan fingerprint density at radius 2 is 2.27 bits per heavy atom. The van der Waals surface area contributed by atoms with E-state index in [0.29, 0.717) is 19.4 Å². The maximum Gasteiger partial charge on any atom is 0.0686 e. The average molecular weight is 211 g/mol. The van der Waals surface area contributed by atoms with Crippen LogP contribution in [0.5, 0.6) is 0 Å². The summed E-state index contributed by atoms with van der Waals surface area (Å²) in [5.41, 5.74) is 6.81. The van der Waals surface area contributed by atoms with Crippen LogP contribution in [0.3, 0.4) is 0 Å². The van der Waals surface area contributed by atoms with Gasteiger partial charge in [0.05, 0.1) is 11.3 Å². The highest BCUT2D eigenvalue weighted by atomic mass is 16.3. The van der Waals surface area contributed by atoms with E-state index >= 15 is 0 Å². The van der Waals surface area contributed by atoms with Gasteiger partial charge in [0.2, 0.25) is 0 Å². The molecular weight excluding hydrogens is 190 g/mol. The number of aromatic nitrogens is 2. The van der Waals surface area contributed by atoms with E-state index in [4.69, 9.17) is 5.73 Å². The molecule has 4 heteroatoms. The lowest BCUT2D eigenvalue weighted by Crippen LogP contribution is -2.31. The standard InChI is InChI=1S/C11H21N3O/c1-4-14-10(7-9(2)13-14)8-11(3,15)5-6-12/h7,15H,4-6,8,12H2,1-3H3. The van der Waals surface area contributed by atoms with Gasteiger partial charge < -0.3 is 10.8 Å². The SMILES string of the molecule is CCn1nc(C)cc1CC(C)(O)CCN. The van der Waals surface area contributed by atoms with Crippen molar-refractivity contribution in [1.82, 2.24) is 9.78 Å². The first-order valence-corrected chi connectivity index (χ1v) is 5.44. The third kappa shape index (κ3) is 3.32. The highest BCUT2D eigenvalue weighted by Gasteiger charge is 2.22. The van der Waals surface area contributed by atoms with Crippen LogP contribution in [0.4, 0.5) is 0 Å². The molecule has 86 valence electrons. The Bertz CT molecular complexity index is 318. The van der Waals surface area contributed by atoms with Crippen LogP contribution in [0.15, 0.2) is 6.07 Å². The summed E-state index contributed by atoms with van der Waals surface area (Å²) in [4.78, 5) is 0. The van der Waals surface area contributed by atoms with Crippen LogP contribution in [0.25, 0.3) is 0 Å². The third-order valence-corrected chi connectivity index (χ3v) is 2.53. The number of hydrogen-bond acceptors (Lipinski definition) is 3. The predicted octanol–water partition coefficient (Wildman–Crippen LogP) is 0.854.